The highest BCUT2D eigenvalue weighted by Gasteiger charge is 2.32. The lowest BCUT2D eigenvalue weighted by Gasteiger charge is -2.35. The van der Waals surface area contributed by atoms with Gasteiger partial charge in [-0.2, -0.15) is 0 Å². The molecule has 0 bridgehead atoms. The fraction of sp³-hybridized carbons (Fsp3) is 0.882. The van der Waals surface area contributed by atoms with Gasteiger partial charge in [-0.05, 0) is 44.1 Å². The number of nitrogens with zero attached hydrogens (tertiary/aromatic N) is 1. The van der Waals surface area contributed by atoms with Gasteiger partial charge in [0.25, 0.3) is 0 Å². The minimum atomic E-state index is -0.000782. The van der Waals surface area contributed by atoms with Crippen LogP contribution in [0.4, 0.5) is 0 Å². The number of nitrogens with two attached hydrogens (primary N) is 1. The topological polar surface area (TPSA) is 75.4 Å². The summed E-state index contributed by atoms with van der Waals surface area (Å²) in [6, 6.07) is 0. The Morgan fingerprint density at radius 3 is 2.22 bits per heavy atom. The number of hydrogen-bond acceptors (Lipinski definition) is 3. The predicted molar refractivity (Wildman–Crippen MR) is 94.5 cm³/mol. The van der Waals surface area contributed by atoms with Crippen molar-refractivity contribution in [3.05, 3.63) is 0 Å². The molecule has 2 fully saturated rings. The Hall–Kier alpha value is -0.810. The smallest absolute Gasteiger partial charge is 0.224 e. The van der Waals surface area contributed by atoms with Crippen molar-refractivity contribution in [3.8, 4) is 0 Å². The number of amides is 2. The molecule has 0 atom stereocenters. The lowest BCUT2D eigenvalue weighted by molar-refractivity contribution is -0.132. The van der Waals surface area contributed by atoms with Gasteiger partial charge in [-0.15, -0.1) is 12.4 Å². The van der Waals surface area contributed by atoms with E-state index in [4.69, 9.17) is 5.73 Å². The van der Waals surface area contributed by atoms with Crippen molar-refractivity contribution >= 4 is 24.2 Å². The molecule has 2 amide bonds. The second-order valence-electron chi connectivity index (χ2n) is 6.98. The quantitative estimate of drug-likeness (QED) is 0.775. The number of rotatable bonds is 6. The monoisotopic (exact) mass is 345 g/mol. The van der Waals surface area contributed by atoms with Gasteiger partial charge in [0.1, 0.15) is 0 Å². The van der Waals surface area contributed by atoms with Gasteiger partial charge >= 0.3 is 0 Å². The van der Waals surface area contributed by atoms with Crippen LogP contribution in [0.25, 0.3) is 0 Å². The van der Waals surface area contributed by atoms with Crippen LogP contribution in [-0.2, 0) is 9.59 Å². The van der Waals surface area contributed by atoms with Gasteiger partial charge < -0.3 is 16.0 Å². The standard InChI is InChI=1S/C17H31N3O2.ClH/c18-14-17(8-3-1-4-9-17)13-15(21)19-10-7-16(22)20-11-5-2-6-12-20;/h1-14,18H2,(H,19,21);1H. The summed E-state index contributed by atoms with van der Waals surface area (Å²) in [6.07, 6.45) is 10.1. The van der Waals surface area contributed by atoms with E-state index in [0.717, 1.165) is 38.8 Å². The molecule has 0 radical (unpaired) electrons. The van der Waals surface area contributed by atoms with E-state index in [-0.39, 0.29) is 29.6 Å². The molecule has 5 nitrogen and oxygen atoms in total. The van der Waals surface area contributed by atoms with Crippen molar-refractivity contribution in [1.29, 1.82) is 0 Å². The minimum Gasteiger partial charge on any atom is -0.356 e. The third-order valence-corrected chi connectivity index (χ3v) is 5.25. The zero-order chi connectivity index (χ0) is 15.8. The van der Waals surface area contributed by atoms with E-state index in [9.17, 15) is 9.59 Å². The number of hydrogen-bond donors (Lipinski definition) is 2. The molecular formula is C17H32ClN3O2. The number of likely N-dealkylation sites (tertiary alicyclic amines) is 1. The highest BCUT2D eigenvalue weighted by atomic mass is 35.5. The summed E-state index contributed by atoms with van der Waals surface area (Å²) in [7, 11) is 0. The van der Waals surface area contributed by atoms with Gasteiger partial charge in [-0.3, -0.25) is 9.59 Å². The van der Waals surface area contributed by atoms with E-state index in [0.29, 0.717) is 25.9 Å². The average molecular weight is 346 g/mol. The van der Waals surface area contributed by atoms with Crippen LogP contribution in [0.5, 0.6) is 0 Å². The maximum absolute atomic E-state index is 12.1. The molecule has 0 spiro atoms. The highest BCUT2D eigenvalue weighted by Crippen LogP contribution is 2.38. The Morgan fingerprint density at radius 2 is 1.61 bits per heavy atom. The summed E-state index contributed by atoms with van der Waals surface area (Å²) in [5.74, 6) is 0.227. The van der Waals surface area contributed by atoms with Crippen molar-refractivity contribution in [1.82, 2.24) is 10.2 Å². The van der Waals surface area contributed by atoms with Crippen molar-refractivity contribution in [2.75, 3.05) is 26.2 Å². The van der Waals surface area contributed by atoms with E-state index < -0.39 is 0 Å². The third-order valence-electron chi connectivity index (χ3n) is 5.25. The molecule has 1 saturated heterocycles. The summed E-state index contributed by atoms with van der Waals surface area (Å²) < 4.78 is 0. The van der Waals surface area contributed by atoms with Crippen LogP contribution < -0.4 is 11.1 Å². The molecule has 0 aromatic rings. The van der Waals surface area contributed by atoms with E-state index in [1.807, 2.05) is 4.90 Å². The van der Waals surface area contributed by atoms with E-state index >= 15 is 0 Å². The Morgan fingerprint density at radius 1 is 1.00 bits per heavy atom. The first-order valence-corrected chi connectivity index (χ1v) is 8.90. The molecule has 1 aliphatic heterocycles. The zero-order valence-electron chi connectivity index (χ0n) is 14.1. The molecule has 6 heteroatoms. The highest BCUT2D eigenvalue weighted by molar-refractivity contribution is 5.85. The second kappa shape index (κ2) is 10.1. The van der Waals surface area contributed by atoms with Gasteiger partial charge in [0.05, 0.1) is 0 Å². The second-order valence-corrected chi connectivity index (χ2v) is 6.98. The number of piperidine rings is 1. The van der Waals surface area contributed by atoms with Gasteiger partial charge in [-0.1, -0.05) is 19.3 Å². The van der Waals surface area contributed by atoms with Gasteiger partial charge in [0.2, 0.25) is 11.8 Å². The summed E-state index contributed by atoms with van der Waals surface area (Å²) in [5.41, 5.74) is 5.92. The normalized spacial score (nSPS) is 20.5. The molecule has 1 aliphatic carbocycles. The molecule has 2 rings (SSSR count). The van der Waals surface area contributed by atoms with E-state index in [1.54, 1.807) is 0 Å². The molecule has 2 aliphatic rings. The van der Waals surface area contributed by atoms with Crippen LogP contribution in [-0.4, -0.2) is 42.9 Å². The van der Waals surface area contributed by atoms with E-state index in [1.165, 1.54) is 25.7 Å². The van der Waals surface area contributed by atoms with Crippen molar-refractivity contribution in [2.45, 2.75) is 64.2 Å². The lowest BCUT2D eigenvalue weighted by atomic mass is 9.71. The fourth-order valence-electron chi connectivity index (χ4n) is 3.77. The molecule has 3 N–H and O–H groups in total. The number of nitrogens with one attached hydrogen (secondary N) is 1. The molecule has 1 saturated carbocycles. The number of halogens is 1. The van der Waals surface area contributed by atoms with Crippen LogP contribution in [0.3, 0.4) is 0 Å². The SMILES string of the molecule is Cl.NCC1(CC(=O)NCCC(=O)N2CCCCC2)CCCCC1. The molecule has 23 heavy (non-hydrogen) atoms. The van der Waals surface area contributed by atoms with Gasteiger partial charge in [0, 0.05) is 32.5 Å². The van der Waals surface area contributed by atoms with Crippen LogP contribution in [0.15, 0.2) is 0 Å². The first-order valence-electron chi connectivity index (χ1n) is 8.90. The van der Waals surface area contributed by atoms with Crippen molar-refractivity contribution in [3.63, 3.8) is 0 Å². The Kier molecular flexibility index (Phi) is 8.92. The fourth-order valence-corrected chi connectivity index (χ4v) is 3.77. The Bertz CT molecular complexity index is 378. The van der Waals surface area contributed by atoms with Crippen molar-refractivity contribution < 1.29 is 9.59 Å². The Balaban J connectivity index is 0.00000264. The average Bonchev–Trinajstić information content (AvgIpc) is 2.56. The van der Waals surface area contributed by atoms with Crippen LogP contribution >= 0.6 is 12.4 Å². The molecule has 0 aromatic heterocycles. The molecule has 1 heterocycles. The number of carbonyl (C=O) groups excluding carboxylic acids is 2. The summed E-state index contributed by atoms with van der Waals surface area (Å²) in [4.78, 5) is 26.1. The summed E-state index contributed by atoms with van der Waals surface area (Å²) in [5, 5.41) is 2.92. The minimum absolute atomic E-state index is 0. The van der Waals surface area contributed by atoms with E-state index in [2.05, 4.69) is 5.32 Å². The van der Waals surface area contributed by atoms with Gasteiger partial charge in [-0.25, -0.2) is 0 Å². The molecule has 0 aromatic carbocycles. The van der Waals surface area contributed by atoms with Gasteiger partial charge in [0.15, 0.2) is 0 Å². The molecule has 0 unspecified atom stereocenters. The molecule has 134 valence electrons. The summed E-state index contributed by atoms with van der Waals surface area (Å²) >= 11 is 0. The van der Waals surface area contributed by atoms with Crippen LogP contribution in [0.2, 0.25) is 0 Å². The zero-order valence-corrected chi connectivity index (χ0v) is 15.0. The molecular weight excluding hydrogens is 314 g/mol. The first-order chi connectivity index (χ1) is 10.7. The van der Waals surface area contributed by atoms with Crippen molar-refractivity contribution in [2.24, 2.45) is 11.1 Å². The van der Waals surface area contributed by atoms with Crippen LogP contribution in [0.1, 0.15) is 64.2 Å². The maximum atomic E-state index is 12.1. The largest absolute Gasteiger partial charge is 0.356 e. The summed E-state index contributed by atoms with van der Waals surface area (Å²) in [6.45, 7) is 2.80. The van der Waals surface area contributed by atoms with Crippen LogP contribution in [0, 0.1) is 5.41 Å². The maximum Gasteiger partial charge on any atom is 0.224 e. The first kappa shape index (κ1) is 20.2. The Labute approximate surface area is 146 Å². The number of carbonyl (C=O) groups is 2. The predicted octanol–water partition coefficient (Wildman–Crippen LogP) is 2.23. The third kappa shape index (κ3) is 6.30. The lowest BCUT2D eigenvalue weighted by Crippen LogP contribution is -2.40.